The Bertz CT molecular complexity index is 1380. The van der Waals surface area contributed by atoms with E-state index in [1.165, 1.54) is 12.1 Å². The van der Waals surface area contributed by atoms with Crippen LogP contribution in [0.4, 0.5) is 5.69 Å². The number of esters is 1. The van der Waals surface area contributed by atoms with Crippen LogP contribution in [-0.4, -0.2) is 27.2 Å². The van der Waals surface area contributed by atoms with Crippen LogP contribution in [0.2, 0.25) is 0 Å². The van der Waals surface area contributed by atoms with Crippen molar-refractivity contribution in [2.45, 2.75) is 20.1 Å². The minimum Gasteiger partial charge on any atom is -0.467 e. The minimum absolute atomic E-state index is 0.0336. The monoisotopic (exact) mass is 445 g/mol. The van der Waals surface area contributed by atoms with E-state index in [0.29, 0.717) is 28.0 Å². The summed E-state index contributed by atoms with van der Waals surface area (Å²) in [5, 5.41) is 11.3. The predicted octanol–water partition coefficient (Wildman–Crippen LogP) is 4.47. The van der Waals surface area contributed by atoms with Crippen LogP contribution in [0.5, 0.6) is 5.75 Å². The Kier molecular flexibility index (Phi) is 5.23. The first-order valence-electron chi connectivity index (χ1n) is 10.2. The van der Waals surface area contributed by atoms with E-state index in [1.807, 2.05) is 47.9 Å². The number of hydrogen-bond acceptors (Lipinski definition) is 7. The van der Waals surface area contributed by atoms with Gasteiger partial charge in [-0.2, -0.15) is 0 Å². The summed E-state index contributed by atoms with van der Waals surface area (Å²) < 4.78 is 18.2. The Labute approximate surface area is 188 Å². The fraction of sp³-hybridized carbons (Fsp3) is 0.167. The number of fused-ring (bicyclic) bond motifs is 2. The maximum atomic E-state index is 12.8. The molecule has 2 heterocycles. The summed E-state index contributed by atoms with van der Waals surface area (Å²) in [6.07, 6.45) is 0. The largest absolute Gasteiger partial charge is 0.467 e. The Morgan fingerprint density at radius 2 is 2.00 bits per heavy atom. The van der Waals surface area contributed by atoms with Crippen molar-refractivity contribution in [2.24, 2.45) is 0 Å². The Morgan fingerprint density at radius 3 is 2.79 bits per heavy atom. The van der Waals surface area contributed by atoms with Crippen LogP contribution in [0.15, 0.2) is 60.7 Å². The Balaban J connectivity index is 1.40. The number of nitro groups is 1. The third kappa shape index (κ3) is 3.90. The molecule has 0 radical (unpaired) electrons. The van der Waals surface area contributed by atoms with Crippen LogP contribution in [0.3, 0.4) is 0 Å². The molecule has 1 aromatic heterocycles. The number of imidazole rings is 1. The van der Waals surface area contributed by atoms with Gasteiger partial charge in [0.05, 0.1) is 28.1 Å². The van der Waals surface area contributed by atoms with Gasteiger partial charge < -0.3 is 14.2 Å². The molecule has 4 aromatic rings. The Hall–Kier alpha value is -4.24. The standard InChI is InChI=1S/C24H19N3O6/c1-15-25-21-11-16(7-8-22(21)26(15)19-5-3-2-4-6-19)24(28)32-13-18-10-20(27(29)30)9-17-12-31-14-33-23(17)18/h2-11H,12-14H2,1H3. The average molecular weight is 445 g/mol. The molecule has 166 valence electrons. The van der Waals surface area contributed by atoms with Crippen molar-refractivity contribution in [3.05, 3.63) is 93.3 Å². The van der Waals surface area contributed by atoms with Crippen molar-refractivity contribution in [2.75, 3.05) is 6.79 Å². The second kappa shape index (κ2) is 8.36. The highest BCUT2D eigenvalue weighted by Crippen LogP contribution is 2.33. The van der Waals surface area contributed by atoms with Crippen LogP contribution in [0, 0.1) is 17.0 Å². The molecule has 0 amide bonds. The number of carbonyl (C=O) groups excluding carboxylic acids is 1. The first-order valence-corrected chi connectivity index (χ1v) is 10.2. The summed E-state index contributed by atoms with van der Waals surface area (Å²) in [4.78, 5) is 28.1. The molecule has 0 saturated heterocycles. The van der Waals surface area contributed by atoms with Crippen molar-refractivity contribution in [1.82, 2.24) is 9.55 Å². The normalized spacial score (nSPS) is 12.8. The molecule has 1 aliphatic rings. The summed E-state index contributed by atoms with van der Waals surface area (Å²) in [5.74, 6) is 0.688. The molecule has 0 unspecified atom stereocenters. The highest BCUT2D eigenvalue weighted by atomic mass is 16.7. The van der Waals surface area contributed by atoms with Gasteiger partial charge in [-0.15, -0.1) is 0 Å². The molecule has 0 aliphatic carbocycles. The fourth-order valence-electron chi connectivity index (χ4n) is 3.95. The molecule has 9 nitrogen and oxygen atoms in total. The van der Waals surface area contributed by atoms with E-state index in [-0.39, 0.29) is 25.7 Å². The predicted molar refractivity (Wildman–Crippen MR) is 118 cm³/mol. The lowest BCUT2D eigenvalue weighted by Crippen LogP contribution is -2.15. The van der Waals surface area contributed by atoms with Crippen LogP contribution in [-0.2, 0) is 22.7 Å². The zero-order chi connectivity index (χ0) is 22.9. The van der Waals surface area contributed by atoms with Crippen molar-refractivity contribution in [3.8, 4) is 11.4 Å². The van der Waals surface area contributed by atoms with Crippen molar-refractivity contribution < 1.29 is 23.9 Å². The van der Waals surface area contributed by atoms with Crippen molar-refractivity contribution in [1.29, 1.82) is 0 Å². The number of aromatic nitrogens is 2. The second-order valence-electron chi connectivity index (χ2n) is 7.57. The molecule has 0 N–H and O–H groups in total. The summed E-state index contributed by atoms with van der Waals surface area (Å²) in [6.45, 7) is 1.96. The van der Waals surface area contributed by atoms with Gasteiger partial charge in [0, 0.05) is 28.9 Å². The van der Waals surface area contributed by atoms with Gasteiger partial charge in [0.1, 0.15) is 18.2 Å². The number of para-hydroxylation sites is 1. The lowest BCUT2D eigenvalue weighted by molar-refractivity contribution is -0.385. The molecule has 0 atom stereocenters. The SMILES string of the molecule is Cc1nc2cc(C(=O)OCc3cc([N+](=O)[O-])cc4c3OCOC4)ccc2n1-c1ccccc1. The quantitative estimate of drug-likeness (QED) is 0.254. The number of hydrogen-bond donors (Lipinski definition) is 0. The lowest BCUT2D eigenvalue weighted by Gasteiger charge is -2.20. The van der Waals surface area contributed by atoms with Crippen LogP contribution in [0.1, 0.15) is 27.3 Å². The first-order chi connectivity index (χ1) is 16.0. The van der Waals surface area contributed by atoms with Crippen LogP contribution >= 0.6 is 0 Å². The summed E-state index contributed by atoms with van der Waals surface area (Å²) in [7, 11) is 0. The third-order valence-corrected chi connectivity index (χ3v) is 5.41. The molecule has 0 spiro atoms. The average Bonchev–Trinajstić information content (AvgIpc) is 3.17. The number of benzene rings is 3. The summed E-state index contributed by atoms with van der Waals surface area (Å²) >= 11 is 0. The van der Waals surface area contributed by atoms with Gasteiger partial charge >= 0.3 is 5.97 Å². The smallest absolute Gasteiger partial charge is 0.338 e. The van der Waals surface area contributed by atoms with Crippen LogP contribution in [0.25, 0.3) is 16.7 Å². The van der Waals surface area contributed by atoms with E-state index in [0.717, 1.165) is 17.0 Å². The fourth-order valence-corrected chi connectivity index (χ4v) is 3.95. The van der Waals surface area contributed by atoms with Gasteiger partial charge in [0.15, 0.2) is 6.79 Å². The van der Waals surface area contributed by atoms with Gasteiger partial charge in [-0.05, 0) is 37.3 Å². The van der Waals surface area contributed by atoms with E-state index in [2.05, 4.69) is 4.98 Å². The van der Waals surface area contributed by atoms with Gasteiger partial charge in [0.25, 0.3) is 5.69 Å². The topological polar surface area (TPSA) is 106 Å². The molecular weight excluding hydrogens is 426 g/mol. The van der Waals surface area contributed by atoms with Crippen LogP contribution < -0.4 is 4.74 Å². The maximum absolute atomic E-state index is 12.8. The zero-order valence-electron chi connectivity index (χ0n) is 17.7. The molecule has 0 bridgehead atoms. The number of carbonyl (C=O) groups is 1. The number of rotatable bonds is 5. The van der Waals surface area contributed by atoms with E-state index in [9.17, 15) is 14.9 Å². The molecule has 33 heavy (non-hydrogen) atoms. The van der Waals surface area contributed by atoms with Gasteiger partial charge in [0.2, 0.25) is 0 Å². The lowest BCUT2D eigenvalue weighted by atomic mass is 10.1. The van der Waals surface area contributed by atoms with Gasteiger partial charge in [-0.1, -0.05) is 18.2 Å². The van der Waals surface area contributed by atoms with E-state index >= 15 is 0 Å². The number of non-ortho nitro benzene ring substituents is 1. The first kappa shape index (κ1) is 20.7. The molecule has 5 rings (SSSR count). The van der Waals surface area contributed by atoms with Gasteiger partial charge in [-0.25, -0.2) is 9.78 Å². The van der Waals surface area contributed by atoms with E-state index in [4.69, 9.17) is 14.2 Å². The van der Waals surface area contributed by atoms with E-state index < -0.39 is 10.9 Å². The summed E-state index contributed by atoms with van der Waals surface area (Å²) in [6, 6.07) is 17.8. The third-order valence-electron chi connectivity index (χ3n) is 5.41. The van der Waals surface area contributed by atoms with Crippen molar-refractivity contribution >= 4 is 22.7 Å². The molecule has 9 heteroatoms. The minimum atomic E-state index is -0.559. The summed E-state index contributed by atoms with van der Waals surface area (Å²) in [5.41, 5.74) is 3.70. The number of ether oxygens (including phenoxy) is 3. The second-order valence-corrected chi connectivity index (χ2v) is 7.57. The molecule has 1 aliphatic heterocycles. The van der Waals surface area contributed by atoms with Gasteiger partial charge in [-0.3, -0.25) is 14.7 Å². The highest BCUT2D eigenvalue weighted by Gasteiger charge is 2.22. The molecule has 0 fully saturated rings. The van der Waals surface area contributed by atoms with Crippen molar-refractivity contribution in [3.63, 3.8) is 0 Å². The van der Waals surface area contributed by atoms with E-state index in [1.54, 1.807) is 12.1 Å². The molecule has 0 saturated carbocycles. The maximum Gasteiger partial charge on any atom is 0.338 e. The molecular formula is C24H19N3O6. The molecule has 3 aromatic carbocycles. The Morgan fingerprint density at radius 1 is 1.18 bits per heavy atom. The highest BCUT2D eigenvalue weighted by molar-refractivity contribution is 5.94. The number of nitro benzene ring substituents is 1. The zero-order valence-corrected chi connectivity index (χ0v) is 17.7. The number of nitrogens with zero attached hydrogens (tertiary/aromatic N) is 3. The number of aryl methyl sites for hydroxylation is 1.